The molecule has 2 aromatic heterocycles. The molecule has 1 aliphatic carbocycles. The minimum Gasteiger partial charge on any atom is -0.469 e. The van der Waals surface area contributed by atoms with Crippen molar-refractivity contribution in [3.8, 4) is 39.8 Å². The van der Waals surface area contributed by atoms with Crippen molar-refractivity contribution in [2.45, 2.75) is 134 Å². The van der Waals surface area contributed by atoms with Gasteiger partial charge in [-0.2, -0.15) is 21.6 Å². The lowest BCUT2D eigenvalue weighted by Crippen LogP contribution is -2.29. The lowest BCUT2D eigenvalue weighted by molar-refractivity contribution is -0.140. The summed E-state index contributed by atoms with van der Waals surface area (Å²) in [7, 11) is -3.03. The molecule has 6 aromatic rings. The standard InChI is InChI=1S/C34H39NO3.C27H28F3NO5S/c1-5-34(6-2,31-15-10-27(25(3)20-31)16-19-33(37)17-8-7-9-18-33)30-13-11-28(12-14-30)29-21-26(23-35-24-29)22-32(36)38-4;1-5-26(6-2,23-11-12-24(18(3)13-23)36-37(33,34)27(28,29)30)22-9-7-20(8-10-22)21-14-19(16-31-17-21)15-25(32)35-4/h10-15,20-21,23-24,37H,5-9,17-18,22H2,1-4H3;7-14,16-17H,5-6,15H2,1-4H3. The van der Waals surface area contributed by atoms with Crippen LogP contribution in [-0.2, 0) is 52.9 Å². The van der Waals surface area contributed by atoms with Crippen LogP contribution in [0.2, 0.25) is 0 Å². The maximum Gasteiger partial charge on any atom is 0.534 e. The summed E-state index contributed by atoms with van der Waals surface area (Å²) in [6.45, 7) is 12.2. The van der Waals surface area contributed by atoms with Crippen molar-refractivity contribution in [1.82, 2.24) is 9.97 Å². The highest BCUT2D eigenvalue weighted by molar-refractivity contribution is 7.88. The third-order valence-corrected chi connectivity index (χ3v) is 15.8. The van der Waals surface area contributed by atoms with Crippen molar-refractivity contribution in [3.05, 3.63) is 172 Å². The Labute approximate surface area is 440 Å². The predicted octanol–water partition coefficient (Wildman–Crippen LogP) is 13.0. The van der Waals surface area contributed by atoms with E-state index in [0.29, 0.717) is 12.8 Å². The van der Waals surface area contributed by atoms with Gasteiger partial charge in [-0.05, 0) is 145 Å². The number of aliphatic hydroxyl groups is 1. The average Bonchev–Trinajstić information content (AvgIpc) is 3.40. The Hall–Kier alpha value is -6.82. The molecular weight excluding hydrogens is 978 g/mol. The van der Waals surface area contributed by atoms with Gasteiger partial charge in [0.05, 0.1) is 27.1 Å². The molecule has 0 amide bonds. The second-order valence-corrected chi connectivity index (χ2v) is 20.8. The molecule has 2 heterocycles. The second-order valence-electron chi connectivity index (χ2n) is 19.2. The van der Waals surface area contributed by atoms with E-state index in [1.165, 1.54) is 44.8 Å². The first kappa shape index (κ1) is 57.5. The highest BCUT2D eigenvalue weighted by Gasteiger charge is 2.49. The van der Waals surface area contributed by atoms with E-state index in [1.807, 2.05) is 56.4 Å². The van der Waals surface area contributed by atoms with Gasteiger partial charge in [0.2, 0.25) is 0 Å². The van der Waals surface area contributed by atoms with Gasteiger partial charge in [-0.25, -0.2) is 0 Å². The number of ether oxygens (including phenoxy) is 2. The summed E-state index contributed by atoms with van der Waals surface area (Å²) in [5.74, 6) is 5.49. The van der Waals surface area contributed by atoms with E-state index in [-0.39, 0.29) is 41.5 Å². The molecular formula is C61H67F3N2O8S. The SMILES string of the molecule is CCC(CC)(c1ccc(-c2cncc(CC(=O)OC)c2)cc1)c1ccc(C#CC2(O)CCCCC2)c(C)c1.CCC(CC)(c1ccc(-c2cncc(CC(=O)OC)c2)cc1)c1ccc(OS(=O)(=O)C(F)(F)F)c(C)c1. The zero-order valence-electron chi connectivity index (χ0n) is 44.1. The van der Waals surface area contributed by atoms with Crippen molar-refractivity contribution in [2.75, 3.05) is 14.2 Å². The minimum atomic E-state index is -5.76. The van der Waals surface area contributed by atoms with Crippen molar-refractivity contribution in [3.63, 3.8) is 0 Å². The Morgan fingerprint density at radius 2 is 1.03 bits per heavy atom. The molecule has 0 atom stereocenters. The maximum absolute atomic E-state index is 12.8. The summed E-state index contributed by atoms with van der Waals surface area (Å²) in [5, 5.41) is 10.8. The van der Waals surface area contributed by atoms with Gasteiger partial charge >= 0.3 is 27.6 Å². The summed E-state index contributed by atoms with van der Waals surface area (Å²) in [5.41, 5.74) is 5.25. The van der Waals surface area contributed by atoms with Crippen LogP contribution < -0.4 is 4.18 Å². The first-order valence-corrected chi connectivity index (χ1v) is 26.8. The fourth-order valence-corrected chi connectivity index (χ4v) is 10.7. The molecule has 0 bridgehead atoms. The summed E-state index contributed by atoms with van der Waals surface area (Å²) in [4.78, 5) is 31.8. The molecule has 14 heteroatoms. The van der Waals surface area contributed by atoms with Crippen LogP contribution in [0.3, 0.4) is 0 Å². The molecule has 10 nitrogen and oxygen atoms in total. The smallest absolute Gasteiger partial charge is 0.469 e. The van der Waals surface area contributed by atoms with Gasteiger partial charge in [0.1, 0.15) is 11.4 Å². The van der Waals surface area contributed by atoms with Crippen LogP contribution in [0, 0.1) is 25.7 Å². The number of methoxy groups -OCH3 is 2. The zero-order valence-corrected chi connectivity index (χ0v) is 44.9. The normalized spacial score (nSPS) is 13.6. The molecule has 1 fully saturated rings. The van der Waals surface area contributed by atoms with E-state index >= 15 is 0 Å². The van der Waals surface area contributed by atoms with Gasteiger partial charge in [-0.15, -0.1) is 0 Å². The molecule has 0 spiro atoms. The Morgan fingerprint density at radius 1 is 0.600 bits per heavy atom. The Balaban J connectivity index is 0.000000244. The number of halogens is 3. The lowest BCUT2D eigenvalue weighted by Gasteiger charge is -2.34. The molecule has 396 valence electrons. The molecule has 4 aromatic carbocycles. The van der Waals surface area contributed by atoms with Crippen molar-refractivity contribution < 1.29 is 49.9 Å². The molecule has 0 unspecified atom stereocenters. The number of hydrogen-bond donors (Lipinski definition) is 1. The lowest BCUT2D eigenvalue weighted by atomic mass is 9.70. The molecule has 0 aliphatic heterocycles. The highest BCUT2D eigenvalue weighted by Crippen LogP contribution is 2.43. The molecule has 1 aliphatic rings. The number of benzene rings is 4. The first-order chi connectivity index (χ1) is 35.7. The van der Waals surface area contributed by atoms with Crippen molar-refractivity contribution >= 4 is 22.1 Å². The van der Waals surface area contributed by atoms with Crippen LogP contribution in [0.15, 0.2) is 122 Å². The first-order valence-electron chi connectivity index (χ1n) is 25.4. The molecule has 7 rings (SSSR count). The molecule has 75 heavy (non-hydrogen) atoms. The van der Waals surface area contributed by atoms with Crippen LogP contribution in [0.4, 0.5) is 13.2 Å². The third kappa shape index (κ3) is 13.5. The summed E-state index contributed by atoms with van der Waals surface area (Å²) in [6.07, 6.45) is 15.4. The number of rotatable bonds is 16. The number of carbonyl (C=O) groups excluding carboxylic acids is 2. The van der Waals surface area contributed by atoms with Crippen LogP contribution >= 0.6 is 0 Å². The van der Waals surface area contributed by atoms with Gasteiger partial charge in [0, 0.05) is 52.3 Å². The number of aryl methyl sites for hydroxylation is 2. The maximum atomic E-state index is 12.8. The van der Waals surface area contributed by atoms with Gasteiger partial charge in [0.25, 0.3) is 0 Å². The van der Waals surface area contributed by atoms with Crippen LogP contribution in [0.5, 0.6) is 5.75 Å². The number of nitrogens with zero attached hydrogens (tertiary/aromatic N) is 2. The summed E-state index contributed by atoms with van der Waals surface area (Å²) >= 11 is 0. The molecule has 0 saturated heterocycles. The Kier molecular flexibility index (Phi) is 18.9. The number of esters is 2. The average molecular weight is 1050 g/mol. The predicted molar refractivity (Wildman–Crippen MR) is 286 cm³/mol. The Bertz CT molecular complexity index is 3110. The number of alkyl halides is 3. The van der Waals surface area contributed by atoms with Crippen molar-refractivity contribution in [2.24, 2.45) is 0 Å². The number of pyridine rings is 2. The number of carbonyl (C=O) groups is 2. The molecule has 0 radical (unpaired) electrons. The van der Waals surface area contributed by atoms with Gasteiger partial charge in [-0.3, -0.25) is 19.6 Å². The topological polar surface area (TPSA) is 142 Å². The third-order valence-electron chi connectivity index (χ3n) is 14.8. The molecule has 1 N–H and O–H groups in total. The number of aromatic nitrogens is 2. The van der Waals surface area contributed by atoms with E-state index < -0.39 is 26.6 Å². The van der Waals surface area contributed by atoms with E-state index in [1.54, 1.807) is 30.7 Å². The van der Waals surface area contributed by atoms with Gasteiger partial charge in [-0.1, -0.05) is 119 Å². The van der Waals surface area contributed by atoms with E-state index in [0.717, 1.165) is 94.2 Å². The van der Waals surface area contributed by atoms with Crippen molar-refractivity contribution in [1.29, 1.82) is 0 Å². The Morgan fingerprint density at radius 3 is 1.43 bits per heavy atom. The van der Waals surface area contributed by atoms with E-state index in [9.17, 15) is 36.3 Å². The van der Waals surface area contributed by atoms with E-state index in [4.69, 9.17) is 9.47 Å². The fourth-order valence-electron chi connectivity index (χ4n) is 10.1. The summed E-state index contributed by atoms with van der Waals surface area (Å²) in [6, 6.07) is 31.6. The van der Waals surface area contributed by atoms with Crippen LogP contribution in [0.25, 0.3) is 22.3 Å². The fraction of sp³-hybridized carbons (Fsp3) is 0.377. The number of hydrogen-bond acceptors (Lipinski definition) is 10. The van der Waals surface area contributed by atoms with Gasteiger partial charge < -0.3 is 18.8 Å². The quantitative estimate of drug-likeness (QED) is 0.0431. The van der Waals surface area contributed by atoms with Crippen LogP contribution in [0.1, 0.15) is 136 Å². The molecule has 1 saturated carbocycles. The second kappa shape index (κ2) is 24.7. The van der Waals surface area contributed by atoms with Crippen LogP contribution in [-0.4, -0.2) is 60.8 Å². The summed E-state index contributed by atoms with van der Waals surface area (Å²) < 4.78 is 75.1. The zero-order chi connectivity index (χ0) is 54.6. The van der Waals surface area contributed by atoms with Gasteiger partial charge in [0.15, 0.2) is 0 Å². The largest absolute Gasteiger partial charge is 0.534 e. The highest BCUT2D eigenvalue weighted by atomic mass is 32.2. The van der Waals surface area contributed by atoms with E-state index in [2.05, 4.69) is 89.2 Å². The monoisotopic (exact) mass is 1040 g/mol. The minimum absolute atomic E-state index is 0.109.